The molecule has 1 aromatic carbocycles. The van der Waals surface area contributed by atoms with Crippen molar-refractivity contribution in [1.29, 1.82) is 0 Å². The molecule has 2 heterocycles. The summed E-state index contributed by atoms with van der Waals surface area (Å²) >= 11 is -0.121. The minimum atomic E-state index is -0.706. The number of hydrogen-bond acceptors (Lipinski definition) is 5. The van der Waals surface area contributed by atoms with E-state index in [4.69, 9.17) is 3.15 Å². The van der Waals surface area contributed by atoms with Crippen LogP contribution in [0.25, 0.3) is 0 Å². The summed E-state index contributed by atoms with van der Waals surface area (Å²) in [5.74, 6) is 1.51. The monoisotopic (exact) mass is 538 g/mol. The smallest absolute Gasteiger partial charge is 0.320 e. The number of aliphatic imine (C=N–C) groups is 1. The molecule has 6 nitrogen and oxygen atoms in total. The van der Waals surface area contributed by atoms with Crippen molar-refractivity contribution in [3.8, 4) is 0 Å². The Balaban J connectivity index is 1.47. The number of piperidine rings is 1. The summed E-state index contributed by atoms with van der Waals surface area (Å²) in [7, 11) is 0. The fraction of sp³-hybridized carbons (Fsp3) is 0.667. The third kappa shape index (κ3) is 5.60. The van der Waals surface area contributed by atoms with E-state index in [1.54, 1.807) is 0 Å². The van der Waals surface area contributed by atoms with Crippen LogP contribution >= 0.6 is 21.0 Å². The maximum atomic E-state index is 11.6. The fourth-order valence-corrected chi connectivity index (χ4v) is 7.17. The first-order valence-corrected chi connectivity index (χ1v) is 13.9. The van der Waals surface area contributed by atoms with Gasteiger partial charge in [0.1, 0.15) is 16.4 Å². The molecule has 1 unspecified atom stereocenters. The molecule has 1 aromatic rings. The Morgan fingerprint density at radius 2 is 2.13 bits per heavy atom. The molecule has 7 heteroatoms. The molecule has 0 amide bonds. The second-order valence-corrected chi connectivity index (χ2v) is 11.8. The van der Waals surface area contributed by atoms with Gasteiger partial charge in [-0.25, -0.2) is 3.15 Å². The molecule has 2 N–H and O–H groups in total. The Kier molecular flexibility index (Phi) is 7.23. The molecule has 4 rings (SSSR count). The molecule has 1 aliphatic carbocycles. The molecule has 2 fully saturated rings. The lowest BCUT2D eigenvalue weighted by Gasteiger charge is -2.50. The number of nitrogens with one attached hydrogen (secondary N) is 1. The minimum Gasteiger partial charge on any atom is -0.480 e. The summed E-state index contributed by atoms with van der Waals surface area (Å²) < 4.78 is 5.63. The molecule has 2 aliphatic heterocycles. The quantitative estimate of drug-likeness (QED) is 0.305. The van der Waals surface area contributed by atoms with Gasteiger partial charge in [0.05, 0.1) is 6.54 Å². The summed E-state index contributed by atoms with van der Waals surface area (Å²) in [6.07, 6.45) is 4.27. The molecule has 0 radical (unpaired) electrons. The number of fused-ring (bicyclic) bond motifs is 1. The fourth-order valence-electron chi connectivity index (χ4n) is 5.77. The van der Waals surface area contributed by atoms with E-state index in [0.29, 0.717) is 11.8 Å². The van der Waals surface area contributed by atoms with Gasteiger partial charge in [0, 0.05) is 34.1 Å². The molecule has 31 heavy (non-hydrogen) atoms. The number of carboxylic acids is 1. The number of carbonyl (C=O) groups is 1. The lowest BCUT2D eigenvalue weighted by atomic mass is 9.59. The van der Waals surface area contributed by atoms with Gasteiger partial charge in [-0.15, -0.1) is 0 Å². The average molecular weight is 538 g/mol. The number of halogens is 1. The maximum Gasteiger partial charge on any atom is 0.320 e. The molecule has 3 aliphatic rings. The van der Waals surface area contributed by atoms with Gasteiger partial charge in [-0.3, -0.25) is 14.7 Å². The zero-order valence-corrected chi connectivity index (χ0v) is 21.1. The summed E-state index contributed by atoms with van der Waals surface area (Å²) in [5, 5.41) is 12.8. The van der Waals surface area contributed by atoms with Crippen molar-refractivity contribution in [2.75, 3.05) is 24.2 Å². The largest absolute Gasteiger partial charge is 0.480 e. The maximum absolute atomic E-state index is 11.6. The molecular weight excluding hydrogens is 503 g/mol. The Morgan fingerprint density at radius 1 is 1.29 bits per heavy atom. The third-order valence-corrected chi connectivity index (χ3v) is 9.01. The molecule has 0 aromatic heterocycles. The molecule has 170 valence electrons. The van der Waals surface area contributed by atoms with E-state index in [9.17, 15) is 9.90 Å². The van der Waals surface area contributed by atoms with Crippen LogP contribution in [0.1, 0.15) is 49.3 Å². The second-order valence-electron chi connectivity index (χ2n) is 10.00. The van der Waals surface area contributed by atoms with Gasteiger partial charge < -0.3 is 10.4 Å². The Morgan fingerprint density at radius 3 is 2.84 bits per heavy atom. The third-order valence-electron chi connectivity index (χ3n) is 7.47. The molecule has 1 saturated heterocycles. The number of aryl methyl sites for hydroxylation is 2. The van der Waals surface area contributed by atoms with E-state index in [1.807, 2.05) is 0 Å². The van der Waals surface area contributed by atoms with E-state index < -0.39 is 12.0 Å². The van der Waals surface area contributed by atoms with Crippen LogP contribution in [0.15, 0.2) is 26.3 Å². The van der Waals surface area contributed by atoms with E-state index in [-0.39, 0.29) is 26.4 Å². The van der Waals surface area contributed by atoms with Gasteiger partial charge >= 0.3 is 5.97 Å². The minimum absolute atomic E-state index is 0.114. The first-order chi connectivity index (χ1) is 14.8. The summed E-state index contributed by atoms with van der Waals surface area (Å²) in [6, 6.07) is 6.34. The number of aliphatic carboxylic acids is 1. The average Bonchev–Trinajstić information content (AvgIpc) is 3.22. The highest BCUT2D eigenvalue weighted by atomic mass is 127. The van der Waals surface area contributed by atoms with Crippen molar-refractivity contribution < 1.29 is 9.90 Å². The first-order valence-electron chi connectivity index (χ1n) is 11.4. The Bertz CT molecular complexity index is 886. The zero-order chi connectivity index (χ0) is 22.0. The van der Waals surface area contributed by atoms with Gasteiger partial charge in [0.25, 0.3) is 0 Å². The van der Waals surface area contributed by atoms with Crippen LogP contribution in [0.3, 0.4) is 0 Å². The van der Waals surface area contributed by atoms with Crippen molar-refractivity contribution in [1.82, 2.24) is 10.2 Å². The highest BCUT2D eigenvalue weighted by molar-refractivity contribution is 14.2. The van der Waals surface area contributed by atoms with Gasteiger partial charge in [-0.05, 0) is 74.5 Å². The molecule has 0 bridgehead atoms. The van der Waals surface area contributed by atoms with Crippen LogP contribution in [-0.4, -0.2) is 52.0 Å². The van der Waals surface area contributed by atoms with E-state index in [0.717, 1.165) is 49.4 Å². The predicted molar refractivity (Wildman–Crippen MR) is 133 cm³/mol. The van der Waals surface area contributed by atoms with E-state index in [2.05, 4.69) is 54.2 Å². The van der Waals surface area contributed by atoms with E-state index >= 15 is 0 Å². The van der Waals surface area contributed by atoms with E-state index in [1.165, 1.54) is 29.5 Å². The number of hydrogen-bond donors (Lipinski definition) is 2. The second kappa shape index (κ2) is 9.75. The van der Waals surface area contributed by atoms with Crippen molar-refractivity contribution >= 4 is 32.8 Å². The van der Waals surface area contributed by atoms with Crippen molar-refractivity contribution in [2.45, 2.75) is 59.0 Å². The van der Waals surface area contributed by atoms with Crippen LogP contribution in [0.5, 0.6) is 0 Å². The normalized spacial score (nSPS) is 30.6. The Hall–Kier alpha value is -1.19. The Labute approximate surface area is 196 Å². The van der Waals surface area contributed by atoms with Crippen LogP contribution in [0.2, 0.25) is 0 Å². The SMILES string of the molecule is Cc1ccc(CN(CC2=NCI=N2)CC2CC[C@H]3CN[C@H](C(=O)O)C[C@@]3(C)C2)c(C)c1. The topological polar surface area (TPSA) is 77.3 Å². The lowest BCUT2D eigenvalue weighted by Crippen LogP contribution is -2.55. The first kappa shape index (κ1) is 23.0. The van der Waals surface area contributed by atoms with Crippen molar-refractivity contribution in [2.24, 2.45) is 25.4 Å². The number of nitrogens with zero attached hydrogens (tertiary/aromatic N) is 3. The highest BCUT2D eigenvalue weighted by Gasteiger charge is 2.46. The number of rotatable bonds is 7. The van der Waals surface area contributed by atoms with Crippen molar-refractivity contribution in [3.63, 3.8) is 0 Å². The van der Waals surface area contributed by atoms with Crippen LogP contribution < -0.4 is 5.32 Å². The number of carboxylic acid groups (broad SMARTS) is 1. The predicted octanol–water partition coefficient (Wildman–Crippen LogP) is 4.50. The molecule has 4 atom stereocenters. The lowest BCUT2D eigenvalue weighted by molar-refractivity contribution is -0.142. The van der Waals surface area contributed by atoms with Gasteiger partial charge in [-0.2, -0.15) is 0 Å². The highest BCUT2D eigenvalue weighted by Crippen LogP contribution is 2.48. The zero-order valence-electron chi connectivity index (χ0n) is 18.9. The summed E-state index contributed by atoms with van der Waals surface area (Å²) in [4.78, 5) is 18.8. The number of amidine groups is 1. The van der Waals surface area contributed by atoms with Gasteiger partial charge in [0.15, 0.2) is 0 Å². The van der Waals surface area contributed by atoms with Gasteiger partial charge in [-0.1, -0.05) is 30.7 Å². The number of benzene rings is 1. The van der Waals surface area contributed by atoms with Crippen molar-refractivity contribution in [3.05, 3.63) is 34.9 Å². The standard InChI is InChI=1S/C24H35IN4O2/c1-16-4-6-19(17(2)8-16)13-29(14-22-27-15-25-28-22)12-18-5-7-20-11-26-21(23(30)31)10-24(20,3)9-18/h4,6,8,18,20-21,26H,5,7,9-15H2,1-3H3,(H,30,31)/t18?,20-,21-,24+/m0/s1. The molecule has 1 saturated carbocycles. The van der Waals surface area contributed by atoms with Gasteiger partial charge in [0.2, 0.25) is 0 Å². The number of alkyl halides is 1. The van der Waals surface area contributed by atoms with Crippen LogP contribution in [0.4, 0.5) is 0 Å². The molecular formula is C24H35IN4O2. The summed E-state index contributed by atoms with van der Waals surface area (Å²) in [6.45, 7) is 10.3. The molecule has 0 spiro atoms. The summed E-state index contributed by atoms with van der Waals surface area (Å²) in [5.41, 5.74) is 4.15. The van der Waals surface area contributed by atoms with Crippen LogP contribution in [-0.2, 0) is 11.3 Å². The van der Waals surface area contributed by atoms with Crippen LogP contribution in [0, 0.1) is 31.1 Å².